The van der Waals surface area contributed by atoms with Crippen molar-refractivity contribution in [3.05, 3.63) is 76.4 Å². The van der Waals surface area contributed by atoms with E-state index in [-0.39, 0.29) is 25.2 Å². The molecule has 0 fully saturated rings. The number of hydrogen-bond acceptors (Lipinski definition) is 6. The predicted molar refractivity (Wildman–Crippen MR) is 115 cm³/mol. The summed E-state index contributed by atoms with van der Waals surface area (Å²) >= 11 is 1.25. The number of hydrogen-bond donors (Lipinski definition) is 1. The van der Waals surface area contributed by atoms with Gasteiger partial charge in [0.05, 0.1) is 11.1 Å². The number of halogens is 4. The Morgan fingerprint density at radius 2 is 1.70 bits per heavy atom. The molecule has 4 aromatic rings. The number of nitrogens with one attached hydrogen (secondary N) is 1. The number of thiophene rings is 1. The summed E-state index contributed by atoms with van der Waals surface area (Å²) in [4.78, 5) is 9.08. The summed E-state index contributed by atoms with van der Waals surface area (Å²) in [5.74, 6) is -3.21. The van der Waals surface area contributed by atoms with Gasteiger partial charge in [-0.25, -0.2) is 35.9 Å². The number of rotatable bonds is 4. The minimum absolute atomic E-state index is 0.0279. The highest BCUT2D eigenvalue weighted by Crippen LogP contribution is 2.39. The van der Waals surface area contributed by atoms with Crippen molar-refractivity contribution in [1.29, 1.82) is 0 Å². The summed E-state index contributed by atoms with van der Waals surface area (Å²) in [6, 6.07) is 5.45. The van der Waals surface area contributed by atoms with Crippen LogP contribution in [0.15, 0.2) is 47.6 Å². The van der Waals surface area contributed by atoms with E-state index >= 15 is 0 Å². The van der Waals surface area contributed by atoms with E-state index in [9.17, 15) is 26.0 Å². The lowest BCUT2D eigenvalue weighted by molar-refractivity contribution is 0.393. The molecule has 0 atom stereocenters. The van der Waals surface area contributed by atoms with Crippen LogP contribution in [0.4, 0.5) is 29.1 Å². The zero-order chi connectivity index (χ0) is 23.3. The molecule has 0 bridgehead atoms. The molecule has 2 aromatic carbocycles. The lowest BCUT2D eigenvalue weighted by Crippen LogP contribution is -2.35. The third-order valence-electron chi connectivity index (χ3n) is 5.30. The maximum atomic E-state index is 14.2. The van der Waals surface area contributed by atoms with Crippen LogP contribution in [0.2, 0.25) is 0 Å². The molecule has 2 aromatic heterocycles. The van der Waals surface area contributed by atoms with Gasteiger partial charge in [-0.05, 0) is 36.2 Å². The first-order valence-electron chi connectivity index (χ1n) is 9.66. The molecule has 170 valence electrons. The van der Waals surface area contributed by atoms with Crippen molar-refractivity contribution >= 4 is 43.1 Å². The predicted octanol–water partition coefficient (Wildman–Crippen LogP) is 4.74. The quantitative estimate of drug-likeness (QED) is 0.415. The van der Waals surface area contributed by atoms with E-state index in [2.05, 4.69) is 15.3 Å². The maximum Gasteiger partial charge on any atom is 0.246 e. The first-order chi connectivity index (χ1) is 15.7. The average molecular weight is 494 g/mol. The molecule has 1 aliphatic rings. The number of fused-ring (bicyclic) bond motifs is 3. The normalized spacial score (nSPS) is 14.4. The van der Waals surface area contributed by atoms with Crippen LogP contribution in [0.25, 0.3) is 10.2 Å². The Kier molecular flexibility index (Phi) is 5.30. The zero-order valence-electron chi connectivity index (χ0n) is 16.6. The Balaban J connectivity index is 1.51. The van der Waals surface area contributed by atoms with E-state index in [1.807, 2.05) is 0 Å². The molecule has 0 amide bonds. The molecular weight excluding hydrogens is 480 g/mol. The van der Waals surface area contributed by atoms with Crippen molar-refractivity contribution in [3.63, 3.8) is 0 Å². The van der Waals surface area contributed by atoms with Crippen LogP contribution in [0, 0.1) is 23.3 Å². The number of aromatic nitrogens is 2. The fourth-order valence-electron chi connectivity index (χ4n) is 3.75. The van der Waals surface area contributed by atoms with Crippen molar-refractivity contribution in [2.24, 2.45) is 0 Å². The highest BCUT2D eigenvalue weighted by molar-refractivity contribution is 7.89. The smallest absolute Gasteiger partial charge is 0.246 e. The van der Waals surface area contributed by atoms with Gasteiger partial charge in [0.15, 0.2) is 0 Å². The number of sulfonamides is 1. The molecule has 0 aliphatic carbocycles. The van der Waals surface area contributed by atoms with Crippen LogP contribution in [0.5, 0.6) is 0 Å². The Labute approximate surface area is 189 Å². The standard InChI is InChI=1S/C21H14F4N4O2S2/c22-11-1-3-16(14(24)7-11)28-20-19-13-5-6-29(9-17(13)32-21(19)27-10-26-20)33(30,31)18-4-2-12(23)8-15(18)25/h1-4,7-8,10H,5-6,9H2,(H,26,27,28). The van der Waals surface area contributed by atoms with E-state index in [1.54, 1.807) is 0 Å². The second-order valence-electron chi connectivity index (χ2n) is 7.32. The first-order valence-corrected chi connectivity index (χ1v) is 11.9. The molecule has 33 heavy (non-hydrogen) atoms. The summed E-state index contributed by atoms with van der Waals surface area (Å²) in [6.07, 6.45) is 1.57. The van der Waals surface area contributed by atoms with Gasteiger partial charge in [0, 0.05) is 30.1 Å². The van der Waals surface area contributed by atoms with Gasteiger partial charge in [-0.2, -0.15) is 4.31 Å². The van der Waals surface area contributed by atoms with Crippen LogP contribution < -0.4 is 5.32 Å². The molecular formula is C21H14F4N4O2S2. The monoisotopic (exact) mass is 494 g/mol. The van der Waals surface area contributed by atoms with E-state index in [1.165, 1.54) is 23.7 Å². The molecule has 3 heterocycles. The Hall–Kier alpha value is -3.09. The van der Waals surface area contributed by atoms with Gasteiger partial charge in [0.2, 0.25) is 10.0 Å². The fraction of sp³-hybridized carbons (Fsp3) is 0.143. The van der Waals surface area contributed by atoms with Crippen molar-refractivity contribution in [3.8, 4) is 0 Å². The second-order valence-corrected chi connectivity index (χ2v) is 10.3. The van der Waals surface area contributed by atoms with Gasteiger partial charge in [-0.1, -0.05) is 0 Å². The van der Waals surface area contributed by atoms with E-state index in [0.29, 0.717) is 27.0 Å². The molecule has 6 nitrogen and oxygen atoms in total. The lowest BCUT2D eigenvalue weighted by atomic mass is 10.1. The van der Waals surface area contributed by atoms with Crippen molar-refractivity contribution in [1.82, 2.24) is 14.3 Å². The van der Waals surface area contributed by atoms with Crippen LogP contribution in [-0.4, -0.2) is 29.2 Å². The maximum absolute atomic E-state index is 14.2. The van der Waals surface area contributed by atoms with Crippen molar-refractivity contribution < 1.29 is 26.0 Å². The topological polar surface area (TPSA) is 75.2 Å². The van der Waals surface area contributed by atoms with Crippen LogP contribution >= 0.6 is 11.3 Å². The van der Waals surface area contributed by atoms with Crippen LogP contribution in [0.3, 0.4) is 0 Å². The van der Waals surface area contributed by atoms with Crippen LogP contribution in [-0.2, 0) is 23.0 Å². The van der Waals surface area contributed by atoms with Crippen molar-refractivity contribution in [2.45, 2.75) is 17.9 Å². The third kappa shape index (κ3) is 3.83. The van der Waals surface area contributed by atoms with Gasteiger partial charge >= 0.3 is 0 Å². The number of nitrogens with zero attached hydrogens (tertiary/aromatic N) is 3. The largest absolute Gasteiger partial charge is 0.337 e. The van der Waals surface area contributed by atoms with E-state index in [0.717, 1.165) is 34.1 Å². The number of benzene rings is 2. The Bertz CT molecular complexity index is 1510. The second kappa shape index (κ2) is 8.04. The molecule has 0 unspecified atom stereocenters. The van der Waals surface area contributed by atoms with Gasteiger partial charge in [0.25, 0.3) is 0 Å². The number of anilines is 2. The molecule has 1 N–H and O–H groups in total. The van der Waals surface area contributed by atoms with Crippen molar-refractivity contribution in [2.75, 3.05) is 11.9 Å². The molecule has 0 radical (unpaired) electrons. The zero-order valence-corrected chi connectivity index (χ0v) is 18.3. The first kappa shape index (κ1) is 21.7. The summed E-state index contributed by atoms with van der Waals surface area (Å²) in [6.45, 7) is 0.0249. The van der Waals surface area contributed by atoms with E-state index < -0.39 is 38.2 Å². The molecule has 0 saturated carbocycles. The SMILES string of the molecule is O=S(=O)(c1ccc(F)cc1F)N1CCc2c(sc3ncnc(Nc4ccc(F)cc4F)c23)C1. The Morgan fingerprint density at radius 3 is 2.42 bits per heavy atom. The average Bonchev–Trinajstić information content (AvgIpc) is 3.14. The lowest BCUT2D eigenvalue weighted by Gasteiger charge is -2.26. The van der Waals surface area contributed by atoms with Gasteiger partial charge < -0.3 is 5.32 Å². The fourth-order valence-corrected chi connectivity index (χ4v) is 6.49. The van der Waals surface area contributed by atoms with Crippen LogP contribution in [0.1, 0.15) is 10.4 Å². The van der Waals surface area contributed by atoms with Gasteiger partial charge in [-0.3, -0.25) is 0 Å². The summed E-state index contributed by atoms with van der Waals surface area (Å²) in [5.41, 5.74) is 0.829. The molecule has 12 heteroatoms. The molecule has 5 rings (SSSR count). The Morgan fingerprint density at radius 1 is 0.970 bits per heavy atom. The highest BCUT2D eigenvalue weighted by Gasteiger charge is 2.33. The molecule has 0 saturated heterocycles. The summed E-state index contributed by atoms with van der Waals surface area (Å²) in [7, 11) is -4.20. The molecule has 0 spiro atoms. The minimum atomic E-state index is -4.20. The van der Waals surface area contributed by atoms with Gasteiger partial charge in [0.1, 0.15) is 45.1 Å². The molecule has 1 aliphatic heterocycles. The highest BCUT2D eigenvalue weighted by atomic mass is 32.2. The van der Waals surface area contributed by atoms with Gasteiger partial charge in [-0.15, -0.1) is 11.3 Å². The third-order valence-corrected chi connectivity index (χ3v) is 8.30. The minimum Gasteiger partial charge on any atom is -0.337 e. The summed E-state index contributed by atoms with van der Waals surface area (Å²) in [5, 5.41) is 3.47. The van der Waals surface area contributed by atoms with E-state index in [4.69, 9.17) is 0 Å². The summed E-state index contributed by atoms with van der Waals surface area (Å²) < 4.78 is 81.8.